The number of rotatable bonds is 6. The highest BCUT2D eigenvalue weighted by Crippen LogP contribution is 2.22. The van der Waals surface area contributed by atoms with E-state index in [1.165, 1.54) is 0 Å². The molecule has 6 nitrogen and oxygen atoms in total. The van der Waals surface area contributed by atoms with E-state index in [-0.39, 0.29) is 15.1 Å². The Morgan fingerprint density at radius 3 is 2.71 bits per heavy atom. The summed E-state index contributed by atoms with van der Waals surface area (Å²) < 4.78 is 38.4. The van der Waals surface area contributed by atoms with Gasteiger partial charge >= 0.3 is 0 Å². The highest BCUT2D eigenvalue weighted by Gasteiger charge is 2.23. The third-order valence-electron chi connectivity index (χ3n) is 2.83. The van der Waals surface area contributed by atoms with Crippen LogP contribution in [0.3, 0.4) is 0 Å². The Hall–Kier alpha value is -1.06. The summed E-state index contributed by atoms with van der Waals surface area (Å²) in [4.78, 5) is 14.7. The van der Waals surface area contributed by atoms with E-state index >= 15 is 0 Å². The maximum atomic E-state index is 13.8. The molecule has 10 heteroatoms. The molecule has 0 fully saturated rings. The highest BCUT2D eigenvalue weighted by molar-refractivity contribution is 7.93. The molecular weight excluding hydrogens is 341 g/mol. The fourth-order valence-corrected chi connectivity index (χ4v) is 4.40. The van der Waals surface area contributed by atoms with Crippen molar-refractivity contribution in [2.45, 2.75) is 36.9 Å². The molecule has 2 heterocycles. The van der Waals surface area contributed by atoms with E-state index < -0.39 is 26.4 Å². The van der Waals surface area contributed by atoms with Crippen LogP contribution in [0.25, 0.3) is 4.96 Å². The third-order valence-corrected chi connectivity index (χ3v) is 6.30. The molecule has 0 spiro atoms. The summed E-state index contributed by atoms with van der Waals surface area (Å²) in [5, 5.41) is 2.97. The quantitative estimate of drug-likeness (QED) is 0.588. The summed E-state index contributed by atoms with van der Waals surface area (Å²) >= 11 is 6.10. The van der Waals surface area contributed by atoms with Crippen LogP contribution < -0.4 is 5.56 Å². The van der Waals surface area contributed by atoms with Crippen molar-refractivity contribution in [3.63, 3.8) is 0 Å². The number of hydrogen-bond donors (Lipinski definition) is 0. The van der Waals surface area contributed by atoms with Crippen LogP contribution in [0.5, 0.6) is 0 Å². The molecule has 2 aromatic rings. The van der Waals surface area contributed by atoms with Gasteiger partial charge in [0.05, 0.1) is 5.75 Å². The highest BCUT2D eigenvalue weighted by atomic mass is 35.5. The van der Waals surface area contributed by atoms with E-state index in [4.69, 9.17) is 11.6 Å². The molecule has 0 saturated carbocycles. The second-order valence-electron chi connectivity index (χ2n) is 4.46. The molecule has 0 bridgehead atoms. The number of sulfone groups is 1. The molecule has 0 aromatic carbocycles. The Labute approximate surface area is 129 Å². The van der Waals surface area contributed by atoms with Gasteiger partial charge in [0, 0.05) is 0 Å². The van der Waals surface area contributed by atoms with Crippen molar-refractivity contribution in [3.05, 3.63) is 21.3 Å². The lowest BCUT2D eigenvalue weighted by Gasteiger charge is -1.99. The first-order valence-corrected chi connectivity index (χ1v) is 9.19. The minimum absolute atomic E-state index is 0.0625. The summed E-state index contributed by atoms with van der Waals surface area (Å²) in [6, 6.07) is 0. The van der Waals surface area contributed by atoms with E-state index in [1.807, 2.05) is 6.92 Å². The van der Waals surface area contributed by atoms with Gasteiger partial charge in [-0.2, -0.15) is 13.9 Å². The van der Waals surface area contributed by atoms with Crippen LogP contribution >= 0.6 is 22.9 Å². The second-order valence-corrected chi connectivity index (χ2v) is 8.08. The molecule has 2 rings (SSSR count). The monoisotopic (exact) mass is 353 g/mol. The van der Waals surface area contributed by atoms with Gasteiger partial charge in [-0.05, 0) is 6.42 Å². The van der Waals surface area contributed by atoms with Crippen LogP contribution in [0.15, 0.2) is 9.13 Å². The predicted octanol–water partition coefficient (Wildman–Crippen LogP) is 2.30. The minimum atomic E-state index is -3.61. The van der Waals surface area contributed by atoms with Gasteiger partial charge in [-0.15, -0.1) is 5.10 Å². The van der Waals surface area contributed by atoms with Crippen molar-refractivity contribution < 1.29 is 12.8 Å². The molecule has 0 saturated heterocycles. The number of aromatic nitrogens is 3. The van der Waals surface area contributed by atoms with E-state index in [2.05, 4.69) is 10.1 Å². The standard InChI is InChI=1S/C11H13ClFN3O3S2/c1-2-3-4-5-6-21(18,19)11-15-16-8(13)7(12)9(17)14-10(16)20-11/h2-6H2,1H3. The summed E-state index contributed by atoms with van der Waals surface area (Å²) in [6.07, 6.45) is 3.27. The van der Waals surface area contributed by atoms with Crippen molar-refractivity contribution in [1.29, 1.82) is 0 Å². The lowest BCUT2D eigenvalue weighted by Crippen LogP contribution is -2.13. The van der Waals surface area contributed by atoms with E-state index in [9.17, 15) is 17.6 Å². The van der Waals surface area contributed by atoms with E-state index in [0.717, 1.165) is 19.3 Å². The van der Waals surface area contributed by atoms with Gasteiger partial charge in [-0.1, -0.05) is 49.1 Å². The molecule has 0 N–H and O–H groups in total. The molecule has 0 aliphatic rings. The van der Waals surface area contributed by atoms with Crippen molar-refractivity contribution in [2.24, 2.45) is 0 Å². The Kier molecular flexibility index (Phi) is 4.95. The van der Waals surface area contributed by atoms with Gasteiger partial charge in [0.1, 0.15) is 0 Å². The van der Waals surface area contributed by atoms with Gasteiger partial charge in [0.15, 0.2) is 5.02 Å². The number of fused-ring (bicyclic) bond motifs is 1. The molecule has 0 aliphatic carbocycles. The summed E-state index contributed by atoms with van der Waals surface area (Å²) in [5.41, 5.74) is -0.940. The van der Waals surface area contributed by atoms with E-state index in [1.54, 1.807) is 0 Å². The van der Waals surface area contributed by atoms with Crippen molar-refractivity contribution in [3.8, 4) is 0 Å². The minimum Gasteiger partial charge on any atom is -0.265 e. The molecule has 0 atom stereocenters. The maximum absolute atomic E-state index is 13.8. The first kappa shape index (κ1) is 16.3. The molecular formula is C11H13ClFN3O3S2. The molecule has 0 amide bonds. The number of nitrogens with zero attached hydrogens (tertiary/aromatic N) is 3. The van der Waals surface area contributed by atoms with Crippen LogP contribution in [-0.2, 0) is 9.84 Å². The predicted molar refractivity (Wildman–Crippen MR) is 78.3 cm³/mol. The van der Waals surface area contributed by atoms with Gasteiger partial charge < -0.3 is 0 Å². The summed E-state index contributed by atoms with van der Waals surface area (Å²) in [7, 11) is -3.61. The van der Waals surface area contributed by atoms with Crippen LogP contribution in [0.4, 0.5) is 4.39 Å². The molecule has 0 radical (unpaired) electrons. The molecule has 0 unspecified atom stereocenters. The second kappa shape index (κ2) is 6.37. The number of halogens is 2. The van der Waals surface area contributed by atoms with Gasteiger partial charge in [0.2, 0.25) is 25.1 Å². The van der Waals surface area contributed by atoms with Gasteiger partial charge in [0.25, 0.3) is 5.56 Å². The molecule has 21 heavy (non-hydrogen) atoms. The molecule has 0 aliphatic heterocycles. The zero-order chi connectivity index (χ0) is 15.6. The Bertz CT molecular complexity index is 816. The fraction of sp³-hybridized carbons (Fsp3) is 0.545. The summed E-state index contributed by atoms with van der Waals surface area (Å²) in [6.45, 7) is 2.03. The first-order valence-electron chi connectivity index (χ1n) is 6.34. The number of hydrogen-bond acceptors (Lipinski definition) is 6. The first-order chi connectivity index (χ1) is 9.86. The average Bonchev–Trinajstić information content (AvgIpc) is 2.86. The Morgan fingerprint density at radius 2 is 2.05 bits per heavy atom. The van der Waals surface area contributed by atoms with Crippen molar-refractivity contribution >= 4 is 37.7 Å². The smallest absolute Gasteiger partial charge is 0.265 e. The SMILES string of the molecule is CCCCCCS(=O)(=O)c1nn2c(F)c(Cl)c(=O)nc2s1. The average molecular weight is 354 g/mol. The normalized spacial score (nSPS) is 12.1. The van der Waals surface area contributed by atoms with Crippen LogP contribution in [0.1, 0.15) is 32.6 Å². The topological polar surface area (TPSA) is 81.4 Å². The zero-order valence-corrected chi connectivity index (χ0v) is 13.6. The Balaban J connectivity index is 2.34. The third kappa shape index (κ3) is 3.41. The largest absolute Gasteiger partial charge is 0.295 e. The molecule has 116 valence electrons. The zero-order valence-electron chi connectivity index (χ0n) is 11.2. The lowest BCUT2D eigenvalue weighted by atomic mass is 10.2. The van der Waals surface area contributed by atoms with Gasteiger partial charge in [-0.25, -0.2) is 8.42 Å². The fourth-order valence-electron chi connectivity index (χ4n) is 1.71. The maximum Gasteiger partial charge on any atom is 0.295 e. The number of unbranched alkanes of at least 4 members (excludes halogenated alkanes) is 3. The van der Waals surface area contributed by atoms with Crippen LogP contribution in [-0.4, -0.2) is 28.8 Å². The van der Waals surface area contributed by atoms with Crippen molar-refractivity contribution in [2.75, 3.05) is 5.75 Å². The molecule has 2 aromatic heterocycles. The van der Waals surface area contributed by atoms with Crippen molar-refractivity contribution in [1.82, 2.24) is 14.6 Å². The summed E-state index contributed by atoms with van der Waals surface area (Å²) in [5.74, 6) is -1.16. The Morgan fingerprint density at radius 1 is 1.33 bits per heavy atom. The lowest BCUT2D eigenvalue weighted by molar-refractivity contribution is 0.532. The van der Waals surface area contributed by atoms with Crippen LogP contribution in [0.2, 0.25) is 5.02 Å². The van der Waals surface area contributed by atoms with E-state index in [0.29, 0.717) is 22.3 Å². The van der Waals surface area contributed by atoms with Crippen LogP contribution in [0, 0.1) is 5.95 Å². The van der Waals surface area contributed by atoms with Gasteiger partial charge in [-0.3, -0.25) is 4.79 Å².